The molecular weight excluding hydrogens is 448 g/mol. The Morgan fingerprint density at radius 3 is 2.73 bits per heavy atom. The topological polar surface area (TPSA) is 122 Å². The number of aryl methyl sites for hydroxylation is 2. The zero-order valence-electron chi connectivity index (χ0n) is 18.1. The molecule has 2 aromatic carbocycles. The number of amides is 3. The van der Waals surface area contributed by atoms with E-state index in [1.807, 2.05) is 32.0 Å². The molecule has 10 nitrogen and oxygen atoms in total. The maximum absolute atomic E-state index is 13.1. The number of nitro groups is 1. The number of non-ortho nitro benzene ring substituents is 1. The Morgan fingerprint density at radius 1 is 1.21 bits per heavy atom. The molecule has 2 aromatic rings. The first-order valence-corrected chi connectivity index (χ1v) is 11.4. The molecule has 0 aromatic heterocycles. The van der Waals surface area contributed by atoms with Gasteiger partial charge in [-0.25, -0.2) is 0 Å². The Labute approximate surface area is 194 Å². The summed E-state index contributed by atoms with van der Waals surface area (Å²) in [6.45, 7) is 3.32. The van der Waals surface area contributed by atoms with Crippen molar-refractivity contribution in [2.24, 2.45) is 0 Å². The summed E-state index contributed by atoms with van der Waals surface area (Å²) >= 11 is 1.44. The predicted molar refractivity (Wildman–Crippen MR) is 123 cm³/mol. The molecule has 172 valence electrons. The van der Waals surface area contributed by atoms with Crippen LogP contribution < -0.4 is 15.0 Å². The molecule has 2 heterocycles. The van der Waals surface area contributed by atoms with E-state index in [1.54, 1.807) is 0 Å². The van der Waals surface area contributed by atoms with E-state index in [0.29, 0.717) is 17.3 Å². The van der Waals surface area contributed by atoms with Crippen LogP contribution in [0.3, 0.4) is 0 Å². The van der Waals surface area contributed by atoms with Gasteiger partial charge >= 0.3 is 0 Å². The lowest BCUT2D eigenvalue weighted by molar-refractivity contribution is -0.384. The highest BCUT2D eigenvalue weighted by Gasteiger charge is 2.37. The minimum atomic E-state index is -0.690. The van der Waals surface area contributed by atoms with E-state index in [-0.39, 0.29) is 36.2 Å². The molecule has 0 spiro atoms. The molecule has 0 aliphatic carbocycles. The van der Waals surface area contributed by atoms with Crippen molar-refractivity contribution < 1.29 is 24.0 Å². The van der Waals surface area contributed by atoms with Crippen molar-refractivity contribution in [3.8, 4) is 5.75 Å². The van der Waals surface area contributed by atoms with E-state index in [1.165, 1.54) is 39.8 Å². The maximum atomic E-state index is 13.1. The van der Waals surface area contributed by atoms with E-state index in [9.17, 15) is 24.5 Å². The van der Waals surface area contributed by atoms with Crippen LogP contribution in [0, 0.1) is 24.0 Å². The summed E-state index contributed by atoms with van der Waals surface area (Å²) in [6.07, 6.45) is 0. The Hall–Kier alpha value is -3.60. The van der Waals surface area contributed by atoms with Crippen LogP contribution in [0.5, 0.6) is 5.75 Å². The van der Waals surface area contributed by atoms with Crippen LogP contribution in [-0.2, 0) is 14.4 Å². The van der Waals surface area contributed by atoms with E-state index in [2.05, 4.69) is 5.32 Å². The average molecular weight is 471 g/mol. The molecule has 0 bridgehead atoms. The molecule has 1 saturated heterocycles. The predicted octanol–water partition coefficient (Wildman–Crippen LogP) is 2.48. The fraction of sp³-hybridized carbons (Fsp3) is 0.318. The smallest absolute Gasteiger partial charge is 0.271 e. The van der Waals surface area contributed by atoms with Crippen molar-refractivity contribution in [1.82, 2.24) is 4.90 Å². The summed E-state index contributed by atoms with van der Waals surface area (Å²) < 4.78 is 5.34. The molecule has 4 rings (SSSR count). The highest BCUT2D eigenvalue weighted by atomic mass is 32.2. The van der Waals surface area contributed by atoms with Gasteiger partial charge in [0.1, 0.15) is 18.3 Å². The minimum absolute atomic E-state index is 0.164. The number of nitro benzene ring substituents is 1. The third-order valence-electron chi connectivity index (χ3n) is 5.67. The number of rotatable bonds is 5. The fourth-order valence-electron chi connectivity index (χ4n) is 3.65. The zero-order chi connectivity index (χ0) is 23.7. The third kappa shape index (κ3) is 4.63. The lowest BCUT2D eigenvalue weighted by atomic mass is 10.1. The normalized spacial score (nSPS) is 17.4. The molecule has 2 aliphatic rings. The second kappa shape index (κ2) is 9.10. The van der Waals surface area contributed by atoms with Gasteiger partial charge in [0, 0.05) is 23.6 Å². The SMILES string of the molecule is Cc1ccc(NC(=O)C2CSCN2C(=O)CN2C(=O)COc3ccc([N+](=O)[O-])cc32)cc1C. The second-order valence-electron chi connectivity index (χ2n) is 7.85. The largest absolute Gasteiger partial charge is 0.482 e. The van der Waals surface area contributed by atoms with Gasteiger partial charge in [0.05, 0.1) is 16.5 Å². The van der Waals surface area contributed by atoms with Crippen molar-refractivity contribution in [2.45, 2.75) is 19.9 Å². The van der Waals surface area contributed by atoms with Crippen molar-refractivity contribution >= 4 is 46.5 Å². The molecule has 0 saturated carbocycles. The number of hydrogen-bond donors (Lipinski definition) is 1. The Balaban J connectivity index is 1.50. The quantitative estimate of drug-likeness (QED) is 0.526. The molecular formula is C22H22N4O6S. The zero-order valence-corrected chi connectivity index (χ0v) is 18.9. The number of fused-ring (bicyclic) bond motifs is 1. The van der Waals surface area contributed by atoms with Gasteiger partial charge in [-0.1, -0.05) is 6.07 Å². The Kier molecular flexibility index (Phi) is 6.23. The van der Waals surface area contributed by atoms with E-state index < -0.39 is 22.8 Å². The standard InChI is InChI=1S/C22H22N4O6S/c1-13-3-4-15(7-14(13)2)23-22(29)18-11-33-12-25(18)20(27)9-24-17-8-16(26(30)31)5-6-19(17)32-10-21(24)28/h3-8,18H,9-12H2,1-2H3,(H,23,29). The van der Waals surface area contributed by atoms with Crippen molar-refractivity contribution in [1.29, 1.82) is 0 Å². The number of thioether (sulfide) groups is 1. The lowest BCUT2D eigenvalue weighted by Crippen LogP contribution is -2.50. The fourth-order valence-corrected chi connectivity index (χ4v) is 4.83. The van der Waals surface area contributed by atoms with Gasteiger partial charge in [-0.2, -0.15) is 0 Å². The number of ether oxygens (including phenoxy) is 1. The number of carbonyl (C=O) groups is 3. The van der Waals surface area contributed by atoms with Crippen molar-refractivity contribution in [3.05, 3.63) is 57.6 Å². The molecule has 3 amide bonds. The number of nitrogens with one attached hydrogen (secondary N) is 1. The lowest BCUT2D eigenvalue weighted by Gasteiger charge is -2.31. The highest BCUT2D eigenvalue weighted by molar-refractivity contribution is 7.99. The van der Waals surface area contributed by atoms with Gasteiger partial charge in [-0.05, 0) is 43.2 Å². The summed E-state index contributed by atoms with van der Waals surface area (Å²) in [4.78, 5) is 51.7. The summed E-state index contributed by atoms with van der Waals surface area (Å²) in [5.41, 5.74) is 2.75. The maximum Gasteiger partial charge on any atom is 0.271 e. The number of carbonyl (C=O) groups excluding carboxylic acids is 3. The van der Waals surface area contributed by atoms with Crippen LogP contribution in [0.4, 0.5) is 17.1 Å². The Bertz CT molecular complexity index is 1150. The average Bonchev–Trinajstić information content (AvgIpc) is 3.28. The monoisotopic (exact) mass is 470 g/mol. The molecule has 0 radical (unpaired) electrons. The van der Waals surface area contributed by atoms with Crippen LogP contribution in [0.1, 0.15) is 11.1 Å². The third-order valence-corrected chi connectivity index (χ3v) is 6.68. The van der Waals surface area contributed by atoms with Crippen LogP contribution in [0.2, 0.25) is 0 Å². The van der Waals surface area contributed by atoms with E-state index >= 15 is 0 Å². The van der Waals surface area contributed by atoms with Gasteiger partial charge in [-0.15, -0.1) is 11.8 Å². The van der Waals surface area contributed by atoms with Crippen LogP contribution in [-0.4, -0.2) is 58.4 Å². The number of hydrogen-bond acceptors (Lipinski definition) is 7. The van der Waals surface area contributed by atoms with Gasteiger partial charge in [-0.3, -0.25) is 29.4 Å². The van der Waals surface area contributed by atoms with E-state index in [0.717, 1.165) is 11.1 Å². The van der Waals surface area contributed by atoms with Crippen molar-refractivity contribution in [3.63, 3.8) is 0 Å². The van der Waals surface area contributed by atoms with Gasteiger partial charge in [0.2, 0.25) is 11.8 Å². The van der Waals surface area contributed by atoms with Crippen LogP contribution in [0.25, 0.3) is 0 Å². The summed E-state index contributed by atoms with van der Waals surface area (Å²) in [6, 6.07) is 8.80. The number of anilines is 2. The summed E-state index contributed by atoms with van der Waals surface area (Å²) in [7, 11) is 0. The first kappa shape index (κ1) is 22.6. The summed E-state index contributed by atoms with van der Waals surface area (Å²) in [5, 5.41) is 14.0. The van der Waals surface area contributed by atoms with Crippen molar-refractivity contribution in [2.75, 3.05) is 35.0 Å². The molecule has 1 atom stereocenters. The Morgan fingerprint density at radius 2 is 2.00 bits per heavy atom. The molecule has 33 heavy (non-hydrogen) atoms. The first-order valence-electron chi connectivity index (χ1n) is 10.2. The first-order chi connectivity index (χ1) is 15.7. The molecule has 11 heteroatoms. The molecule has 1 N–H and O–H groups in total. The molecule has 1 fully saturated rings. The number of nitrogens with zero attached hydrogens (tertiary/aromatic N) is 3. The van der Waals surface area contributed by atoms with Gasteiger partial charge < -0.3 is 15.0 Å². The molecule has 1 unspecified atom stereocenters. The molecule has 2 aliphatic heterocycles. The van der Waals surface area contributed by atoms with Crippen LogP contribution in [0.15, 0.2) is 36.4 Å². The highest BCUT2D eigenvalue weighted by Crippen LogP contribution is 2.35. The van der Waals surface area contributed by atoms with Gasteiger partial charge in [0.15, 0.2) is 6.61 Å². The minimum Gasteiger partial charge on any atom is -0.482 e. The van der Waals surface area contributed by atoms with Crippen LogP contribution >= 0.6 is 11.8 Å². The summed E-state index contributed by atoms with van der Waals surface area (Å²) in [5.74, 6) is -0.188. The van der Waals surface area contributed by atoms with E-state index in [4.69, 9.17) is 4.74 Å². The second-order valence-corrected chi connectivity index (χ2v) is 8.84. The van der Waals surface area contributed by atoms with Gasteiger partial charge in [0.25, 0.3) is 11.6 Å². The number of benzene rings is 2.